The maximum Gasteiger partial charge on any atom is 0.159 e. The van der Waals surface area contributed by atoms with E-state index in [1.54, 1.807) is 0 Å². The van der Waals surface area contributed by atoms with E-state index in [1.807, 2.05) is 0 Å². The summed E-state index contributed by atoms with van der Waals surface area (Å²) >= 11 is 0. The summed E-state index contributed by atoms with van der Waals surface area (Å²) in [7, 11) is 0. The number of furan rings is 2. The van der Waals surface area contributed by atoms with Gasteiger partial charge in [-0.15, -0.1) is 0 Å². The first-order chi connectivity index (χ1) is 45.5. The smallest absolute Gasteiger partial charge is 0.159 e. The van der Waals surface area contributed by atoms with E-state index in [1.165, 1.54) is 88.7 Å². The molecule has 0 fully saturated rings. The number of hydrogen-bond acceptors (Lipinski definition) is 4. The van der Waals surface area contributed by atoms with Crippen molar-refractivity contribution in [1.29, 1.82) is 0 Å². The summed E-state index contributed by atoms with van der Waals surface area (Å²) in [6.45, 7) is 17.8. The van der Waals surface area contributed by atoms with Gasteiger partial charge in [0, 0.05) is 54.8 Å². The summed E-state index contributed by atoms with van der Waals surface area (Å²) in [6, 6.07) is 99.3. The highest BCUT2D eigenvalue weighted by atomic mass is 16.3. The average Bonchev–Trinajstić information content (AvgIpc) is 1.51. The van der Waals surface area contributed by atoms with Gasteiger partial charge in [-0.2, -0.15) is 0 Å². The van der Waals surface area contributed by atoms with Crippen LogP contribution in [-0.4, -0.2) is 0 Å². The van der Waals surface area contributed by atoms with Gasteiger partial charge in [-0.1, -0.05) is 218 Å². The second-order valence-electron chi connectivity index (χ2n) is 25.8. The summed E-state index contributed by atoms with van der Waals surface area (Å²) in [4.78, 5) is 5.02. The third kappa shape index (κ3) is 8.37. The van der Waals surface area contributed by atoms with Crippen LogP contribution in [0.1, 0.15) is 66.8 Å². The van der Waals surface area contributed by atoms with Crippen molar-refractivity contribution < 1.29 is 8.83 Å². The van der Waals surface area contributed by atoms with Crippen LogP contribution in [0.15, 0.2) is 276 Å². The Bertz CT molecular complexity index is 5350. The fourth-order valence-electron chi connectivity index (χ4n) is 15.8. The lowest BCUT2D eigenvalue weighted by molar-refractivity contribution is 0.670. The number of rotatable bonds is 10. The van der Waals surface area contributed by atoms with Gasteiger partial charge in [-0.3, -0.25) is 0 Å². The maximum atomic E-state index is 7.47. The molecule has 0 saturated carbocycles. The Hall–Kier alpha value is -11.2. The van der Waals surface area contributed by atoms with Gasteiger partial charge in [0.1, 0.15) is 11.2 Å². The summed E-state index contributed by atoms with van der Waals surface area (Å²) < 4.78 is 14.9. The second-order valence-corrected chi connectivity index (χ2v) is 25.8. The van der Waals surface area contributed by atoms with Crippen molar-refractivity contribution >= 4 is 99.5 Å². The molecule has 1 aliphatic carbocycles. The third-order valence-electron chi connectivity index (χ3n) is 20.7. The largest absolute Gasteiger partial charge is 0.453 e. The molecule has 446 valence electrons. The summed E-state index contributed by atoms with van der Waals surface area (Å²) in [5, 5.41) is 8.90. The van der Waals surface area contributed by atoms with Gasteiger partial charge < -0.3 is 18.6 Å². The summed E-state index contributed by atoms with van der Waals surface area (Å²) in [5.41, 5.74) is 30.2. The molecule has 17 rings (SSSR count). The predicted molar refractivity (Wildman–Crippen MR) is 391 cm³/mol. The average molecular weight is 1200 g/mol. The zero-order valence-electron chi connectivity index (χ0n) is 53.6. The van der Waals surface area contributed by atoms with Crippen molar-refractivity contribution in [3.8, 4) is 33.4 Å². The van der Waals surface area contributed by atoms with Crippen molar-refractivity contribution in [1.82, 2.24) is 0 Å². The maximum absolute atomic E-state index is 7.47. The number of fused-ring (bicyclic) bond motifs is 13. The van der Waals surface area contributed by atoms with E-state index in [2.05, 4.69) is 332 Å². The molecule has 1 aliphatic rings. The van der Waals surface area contributed by atoms with Gasteiger partial charge in [0.25, 0.3) is 0 Å². The monoisotopic (exact) mass is 1200 g/mol. The Balaban J connectivity index is 1.00. The zero-order valence-corrected chi connectivity index (χ0v) is 53.6. The van der Waals surface area contributed by atoms with Gasteiger partial charge >= 0.3 is 0 Å². The normalized spacial score (nSPS) is 12.6. The summed E-state index contributed by atoms with van der Waals surface area (Å²) in [6.07, 6.45) is 0. The molecule has 16 aromatic rings. The van der Waals surface area contributed by atoms with Crippen LogP contribution >= 0.6 is 0 Å². The number of anilines is 6. The highest BCUT2D eigenvalue weighted by Crippen LogP contribution is 2.63. The first-order valence-electron chi connectivity index (χ1n) is 32.5. The van der Waals surface area contributed by atoms with Gasteiger partial charge in [-0.25, -0.2) is 0 Å². The number of para-hydroxylation sites is 4. The fourth-order valence-corrected chi connectivity index (χ4v) is 15.8. The molecule has 0 saturated heterocycles. The molecule has 93 heavy (non-hydrogen) atoms. The molecular formula is C89H68N2O2. The first-order valence-corrected chi connectivity index (χ1v) is 32.5. The Morgan fingerprint density at radius 1 is 0.247 bits per heavy atom. The van der Waals surface area contributed by atoms with Crippen LogP contribution in [0.4, 0.5) is 34.1 Å². The van der Waals surface area contributed by atoms with Gasteiger partial charge in [0.15, 0.2) is 11.2 Å². The molecule has 0 aliphatic heterocycles. The molecule has 0 amide bonds. The lowest BCUT2D eigenvalue weighted by atomic mass is 9.67. The molecule has 0 radical (unpaired) electrons. The Morgan fingerprint density at radius 3 is 0.946 bits per heavy atom. The minimum absolute atomic E-state index is 0.831. The standard InChI is InChI=1S/C89H68N2O2/c1-53-27-15-17-33-65(53)71-39-23-41-73-75-43-25-45-79(87(75)92-85(71)73)90(63-47-55(3)59(7)56(4)48-63)81-51-77-83(69-37-21-19-35-67(69)81)84-70-38-22-20-36-68(70)82(52-78(84)89(77,61-29-11-9-12-30-61)62-31-13-10-14-32-62)91(64-49-57(5)60(8)58(6)50-64)80-46-26-44-76-74-42-24-40-72(86(74)93-88(76)80)66-34-18-16-28-54(66)2/h9-52H,1-8H3. The molecule has 0 atom stereocenters. The van der Waals surface area contributed by atoms with E-state index in [9.17, 15) is 0 Å². The van der Waals surface area contributed by atoms with E-state index in [4.69, 9.17) is 8.83 Å². The van der Waals surface area contributed by atoms with Crippen molar-refractivity contribution in [2.24, 2.45) is 0 Å². The third-order valence-corrected chi connectivity index (χ3v) is 20.7. The van der Waals surface area contributed by atoms with Crippen molar-refractivity contribution in [2.45, 2.75) is 60.8 Å². The van der Waals surface area contributed by atoms with E-state index in [0.29, 0.717) is 0 Å². The van der Waals surface area contributed by atoms with Crippen LogP contribution < -0.4 is 9.80 Å². The highest BCUT2D eigenvalue weighted by Gasteiger charge is 2.49. The summed E-state index contributed by atoms with van der Waals surface area (Å²) in [5.74, 6) is 0. The van der Waals surface area contributed by atoms with Crippen molar-refractivity contribution in [3.05, 3.63) is 334 Å². The molecule has 0 unspecified atom stereocenters. The fraction of sp³-hybridized carbons (Fsp3) is 0.101. The van der Waals surface area contributed by atoms with Crippen molar-refractivity contribution in [3.63, 3.8) is 0 Å². The number of hydrogen-bond donors (Lipinski definition) is 0. The van der Waals surface area contributed by atoms with Crippen LogP contribution in [0, 0.1) is 55.4 Å². The SMILES string of the molecule is Cc1ccccc1-c1cccc2c1oc1c(N(c3cc(C)c(C)c(C)c3)c3cc4c(c5ccccc35)-c3c(cc(N(c5cc(C)c(C)c(C)c5)c5cccc6c5oc5c(-c7ccccc7C)cccc56)c5ccccc35)C4(c3ccccc3)c3ccccc3)cccc12. The number of nitrogens with zero attached hydrogens (tertiary/aromatic N) is 2. The first kappa shape index (κ1) is 55.8. The second kappa shape index (κ2) is 21.5. The number of aryl methyl sites for hydroxylation is 6. The van der Waals surface area contributed by atoms with Gasteiger partial charge in [-0.05, 0) is 204 Å². The zero-order chi connectivity index (χ0) is 63.0. The molecule has 4 heteroatoms. The Morgan fingerprint density at radius 2 is 0.559 bits per heavy atom. The molecule has 0 N–H and O–H groups in total. The highest BCUT2D eigenvalue weighted by molar-refractivity contribution is 6.21. The lowest BCUT2D eigenvalue weighted by Crippen LogP contribution is -2.29. The van der Waals surface area contributed by atoms with Crippen LogP contribution in [0.25, 0.3) is 98.8 Å². The molecule has 2 aromatic heterocycles. The lowest BCUT2D eigenvalue weighted by Gasteiger charge is -2.36. The molecule has 14 aromatic carbocycles. The minimum atomic E-state index is -0.873. The van der Waals surface area contributed by atoms with Crippen LogP contribution in [0.5, 0.6) is 0 Å². The van der Waals surface area contributed by atoms with E-state index >= 15 is 0 Å². The molecular weight excluding hydrogens is 1130 g/mol. The molecule has 0 bridgehead atoms. The van der Waals surface area contributed by atoms with E-state index in [-0.39, 0.29) is 0 Å². The minimum Gasteiger partial charge on any atom is -0.453 e. The molecule has 4 nitrogen and oxygen atoms in total. The van der Waals surface area contributed by atoms with Crippen molar-refractivity contribution in [2.75, 3.05) is 9.80 Å². The Labute approximate surface area is 542 Å². The van der Waals surface area contributed by atoms with E-state index in [0.717, 1.165) is 111 Å². The molecule has 0 spiro atoms. The molecule has 2 heterocycles. The van der Waals surface area contributed by atoms with Crippen LogP contribution in [0.3, 0.4) is 0 Å². The topological polar surface area (TPSA) is 32.8 Å². The number of benzene rings is 14. The van der Waals surface area contributed by atoms with Gasteiger partial charge in [0.2, 0.25) is 0 Å². The van der Waals surface area contributed by atoms with Crippen LogP contribution in [0.2, 0.25) is 0 Å². The van der Waals surface area contributed by atoms with Crippen LogP contribution in [-0.2, 0) is 5.41 Å². The predicted octanol–water partition coefficient (Wildman–Crippen LogP) is 24.9. The Kier molecular flexibility index (Phi) is 12.9. The quantitative estimate of drug-likeness (QED) is 0.137. The van der Waals surface area contributed by atoms with Gasteiger partial charge in [0.05, 0.1) is 28.2 Å². The van der Waals surface area contributed by atoms with E-state index < -0.39 is 5.41 Å².